The number of carbonyl (C=O) groups excluding carboxylic acids is 2. The maximum Gasteiger partial charge on any atom is 0.253 e. The Bertz CT molecular complexity index is 857. The van der Waals surface area contributed by atoms with E-state index < -0.39 is 0 Å². The summed E-state index contributed by atoms with van der Waals surface area (Å²) in [7, 11) is 3.11. The fraction of sp³-hybridized carbons (Fsp3) is 0.364. The second-order valence-electron chi connectivity index (χ2n) is 6.98. The summed E-state index contributed by atoms with van der Waals surface area (Å²) in [6.45, 7) is 3.17. The molecule has 1 fully saturated rings. The van der Waals surface area contributed by atoms with Crippen molar-refractivity contribution in [2.24, 2.45) is 0 Å². The number of carbonyl (C=O) groups is 2. The van der Waals surface area contributed by atoms with E-state index in [1.54, 1.807) is 32.4 Å². The molecular weight excluding hydrogens is 356 g/mol. The predicted molar refractivity (Wildman–Crippen MR) is 107 cm³/mol. The molecule has 0 bridgehead atoms. The number of likely N-dealkylation sites (tertiary alicyclic amines) is 1. The lowest BCUT2D eigenvalue weighted by atomic mass is 10.0. The highest BCUT2D eigenvalue weighted by atomic mass is 16.5. The van der Waals surface area contributed by atoms with Crippen LogP contribution in [-0.4, -0.2) is 50.1 Å². The summed E-state index contributed by atoms with van der Waals surface area (Å²) in [5.74, 6) is 1.03. The molecule has 0 spiro atoms. The van der Waals surface area contributed by atoms with Gasteiger partial charge in [-0.05, 0) is 50.1 Å². The van der Waals surface area contributed by atoms with E-state index in [1.165, 1.54) is 0 Å². The van der Waals surface area contributed by atoms with Crippen molar-refractivity contribution in [1.82, 2.24) is 10.2 Å². The standard InChI is InChI=1S/C22H26N2O4/c1-15-5-4-6-16(13-15)21(25)23-18-9-11-24(12-10-18)22(26)17-7-8-19(27-2)20(14-17)28-3/h4-8,13-14,18H,9-12H2,1-3H3,(H,23,25). The smallest absolute Gasteiger partial charge is 0.253 e. The first-order valence-corrected chi connectivity index (χ1v) is 9.40. The van der Waals surface area contributed by atoms with E-state index in [1.807, 2.05) is 36.1 Å². The fourth-order valence-electron chi connectivity index (χ4n) is 3.43. The Balaban J connectivity index is 1.57. The largest absolute Gasteiger partial charge is 0.493 e. The SMILES string of the molecule is COc1ccc(C(=O)N2CCC(NC(=O)c3cccc(C)c3)CC2)cc1OC. The van der Waals surface area contributed by atoms with Crippen LogP contribution in [0.5, 0.6) is 11.5 Å². The van der Waals surface area contributed by atoms with Crippen LogP contribution in [0.15, 0.2) is 42.5 Å². The number of benzene rings is 2. The summed E-state index contributed by atoms with van der Waals surface area (Å²) < 4.78 is 10.5. The molecule has 3 rings (SSSR count). The molecule has 0 saturated carbocycles. The lowest BCUT2D eigenvalue weighted by Crippen LogP contribution is -2.46. The van der Waals surface area contributed by atoms with Gasteiger partial charge in [0.15, 0.2) is 11.5 Å². The molecule has 0 unspecified atom stereocenters. The van der Waals surface area contributed by atoms with E-state index in [9.17, 15) is 9.59 Å². The molecule has 0 aromatic heterocycles. The van der Waals surface area contributed by atoms with Gasteiger partial charge in [0.05, 0.1) is 14.2 Å². The van der Waals surface area contributed by atoms with Crippen LogP contribution in [0, 0.1) is 6.92 Å². The molecule has 1 heterocycles. The van der Waals surface area contributed by atoms with Crippen LogP contribution in [0.1, 0.15) is 39.1 Å². The van der Waals surface area contributed by atoms with Gasteiger partial charge in [0.1, 0.15) is 0 Å². The molecule has 2 aromatic carbocycles. The molecule has 2 amide bonds. The Kier molecular flexibility index (Phi) is 6.19. The van der Waals surface area contributed by atoms with Crippen LogP contribution >= 0.6 is 0 Å². The monoisotopic (exact) mass is 382 g/mol. The maximum atomic E-state index is 12.8. The first-order valence-electron chi connectivity index (χ1n) is 9.40. The van der Waals surface area contributed by atoms with E-state index in [0.29, 0.717) is 35.7 Å². The van der Waals surface area contributed by atoms with E-state index >= 15 is 0 Å². The summed E-state index contributed by atoms with van der Waals surface area (Å²) in [6.07, 6.45) is 1.47. The van der Waals surface area contributed by atoms with Gasteiger partial charge >= 0.3 is 0 Å². The van der Waals surface area contributed by atoms with Crippen molar-refractivity contribution in [3.05, 3.63) is 59.2 Å². The quantitative estimate of drug-likeness (QED) is 0.863. The van der Waals surface area contributed by atoms with E-state index in [-0.39, 0.29) is 17.9 Å². The molecule has 0 aliphatic carbocycles. The third-order valence-electron chi connectivity index (χ3n) is 5.03. The third-order valence-corrected chi connectivity index (χ3v) is 5.03. The van der Waals surface area contributed by atoms with E-state index in [4.69, 9.17) is 9.47 Å². The summed E-state index contributed by atoms with van der Waals surface area (Å²) in [6, 6.07) is 12.8. The van der Waals surface area contributed by atoms with Crippen molar-refractivity contribution >= 4 is 11.8 Å². The van der Waals surface area contributed by atoms with E-state index in [0.717, 1.165) is 18.4 Å². The number of ether oxygens (including phenoxy) is 2. The highest BCUT2D eigenvalue weighted by Crippen LogP contribution is 2.28. The van der Waals surface area contributed by atoms with Gasteiger partial charge in [-0.15, -0.1) is 0 Å². The summed E-state index contributed by atoms with van der Waals surface area (Å²) >= 11 is 0. The van der Waals surface area contributed by atoms with Gasteiger partial charge in [0, 0.05) is 30.3 Å². The lowest BCUT2D eigenvalue weighted by molar-refractivity contribution is 0.0697. The van der Waals surface area contributed by atoms with Crippen molar-refractivity contribution in [2.45, 2.75) is 25.8 Å². The minimum Gasteiger partial charge on any atom is -0.493 e. The number of piperidine rings is 1. The molecule has 6 heteroatoms. The van der Waals surface area contributed by atoms with Crippen LogP contribution < -0.4 is 14.8 Å². The van der Waals surface area contributed by atoms with Gasteiger partial charge in [0.2, 0.25) is 0 Å². The molecule has 0 atom stereocenters. The maximum absolute atomic E-state index is 12.8. The number of hydrogen-bond donors (Lipinski definition) is 1. The van der Waals surface area contributed by atoms with Crippen molar-refractivity contribution in [2.75, 3.05) is 27.3 Å². The zero-order valence-electron chi connectivity index (χ0n) is 16.5. The van der Waals surface area contributed by atoms with Crippen LogP contribution in [0.25, 0.3) is 0 Å². The number of aryl methyl sites for hydroxylation is 1. The van der Waals surface area contributed by atoms with Crippen LogP contribution in [0.3, 0.4) is 0 Å². The van der Waals surface area contributed by atoms with Gasteiger partial charge in [-0.3, -0.25) is 9.59 Å². The Morgan fingerprint density at radius 1 is 0.964 bits per heavy atom. The Labute approximate surface area is 165 Å². The topological polar surface area (TPSA) is 67.9 Å². The van der Waals surface area contributed by atoms with Gasteiger partial charge in [-0.1, -0.05) is 17.7 Å². The number of amides is 2. The number of hydrogen-bond acceptors (Lipinski definition) is 4. The second-order valence-corrected chi connectivity index (χ2v) is 6.98. The molecule has 6 nitrogen and oxygen atoms in total. The summed E-state index contributed by atoms with van der Waals surface area (Å²) in [4.78, 5) is 27.0. The highest BCUT2D eigenvalue weighted by molar-refractivity contribution is 5.95. The lowest BCUT2D eigenvalue weighted by Gasteiger charge is -2.32. The Hall–Kier alpha value is -3.02. The van der Waals surface area contributed by atoms with Crippen LogP contribution in [-0.2, 0) is 0 Å². The average Bonchev–Trinajstić information content (AvgIpc) is 2.73. The minimum absolute atomic E-state index is 0.0376. The average molecular weight is 382 g/mol. The first kappa shape index (κ1) is 19.7. The van der Waals surface area contributed by atoms with Gasteiger partial charge in [-0.25, -0.2) is 0 Å². The van der Waals surface area contributed by atoms with Crippen molar-refractivity contribution in [3.8, 4) is 11.5 Å². The Morgan fingerprint density at radius 2 is 1.68 bits per heavy atom. The summed E-state index contributed by atoms with van der Waals surface area (Å²) in [5.41, 5.74) is 2.30. The normalized spacial score (nSPS) is 14.5. The Morgan fingerprint density at radius 3 is 2.32 bits per heavy atom. The molecule has 0 radical (unpaired) electrons. The zero-order valence-corrected chi connectivity index (χ0v) is 16.5. The molecule has 148 valence electrons. The van der Waals surface area contributed by atoms with Gasteiger partial charge in [0.25, 0.3) is 11.8 Å². The van der Waals surface area contributed by atoms with Gasteiger partial charge in [-0.2, -0.15) is 0 Å². The number of methoxy groups -OCH3 is 2. The summed E-state index contributed by atoms with van der Waals surface area (Å²) in [5, 5.41) is 3.08. The number of rotatable bonds is 5. The molecule has 1 saturated heterocycles. The van der Waals surface area contributed by atoms with E-state index in [2.05, 4.69) is 5.32 Å². The molecule has 28 heavy (non-hydrogen) atoms. The third kappa shape index (κ3) is 4.44. The van der Waals surface area contributed by atoms with Crippen LogP contribution in [0.4, 0.5) is 0 Å². The predicted octanol–water partition coefficient (Wildman–Crippen LogP) is 3.05. The van der Waals surface area contributed by atoms with Crippen molar-refractivity contribution < 1.29 is 19.1 Å². The molecule has 1 N–H and O–H groups in total. The zero-order chi connectivity index (χ0) is 20.1. The van der Waals surface area contributed by atoms with Crippen molar-refractivity contribution in [3.63, 3.8) is 0 Å². The van der Waals surface area contributed by atoms with Crippen molar-refractivity contribution in [1.29, 1.82) is 0 Å². The number of nitrogens with zero attached hydrogens (tertiary/aromatic N) is 1. The highest BCUT2D eigenvalue weighted by Gasteiger charge is 2.25. The first-order chi connectivity index (χ1) is 13.5. The molecule has 1 aliphatic heterocycles. The molecule has 2 aromatic rings. The molecular formula is C22H26N2O4. The fourth-order valence-corrected chi connectivity index (χ4v) is 3.43. The molecule has 1 aliphatic rings. The number of nitrogens with one attached hydrogen (secondary N) is 1. The van der Waals surface area contributed by atoms with Crippen LogP contribution in [0.2, 0.25) is 0 Å². The second kappa shape index (κ2) is 8.78. The minimum atomic E-state index is -0.0617. The van der Waals surface area contributed by atoms with Gasteiger partial charge < -0.3 is 19.7 Å².